The van der Waals surface area contributed by atoms with Crippen molar-refractivity contribution < 1.29 is 23.9 Å². The van der Waals surface area contributed by atoms with E-state index in [0.29, 0.717) is 45.5 Å². The average molecular weight is 489 g/mol. The highest BCUT2D eigenvalue weighted by molar-refractivity contribution is 5.91. The second-order valence-corrected chi connectivity index (χ2v) is 8.42. The van der Waals surface area contributed by atoms with Crippen LogP contribution in [0.4, 0.5) is 4.79 Å². The Kier molecular flexibility index (Phi) is 15.5. The first kappa shape index (κ1) is 29.8. The molecule has 0 bridgehead atoms. The van der Waals surface area contributed by atoms with E-state index in [1.165, 1.54) is 0 Å². The molecule has 0 heterocycles. The number of rotatable bonds is 18. The van der Waals surface area contributed by atoms with E-state index in [1.807, 2.05) is 31.2 Å². The van der Waals surface area contributed by atoms with Crippen molar-refractivity contribution in [1.29, 1.82) is 0 Å². The van der Waals surface area contributed by atoms with Gasteiger partial charge in [-0.2, -0.15) is 0 Å². The maximum Gasteiger partial charge on any atom is 0.314 e. The molecular weight excluding hydrogens is 448 g/mol. The normalized spacial score (nSPS) is 11.0. The second-order valence-electron chi connectivity index (χ2n) is 8.42. The second kappa shape index (κ2) is 18.2. The van der Waals surface area contributed by atoms with Crippen molar-refractivity contribution in [2.45, 2.75) is 58.9 Å². The van der Waals surface area contributed by atoms with Gasteiger partial charge in [-0.25, -0.2) is 4.79 Å². The van der Waals surface area contributed by atoms with Gasteiger partial charge in [0.2, 0.25) is 5.91 Å². The van der Waals surface area contributed by atoms with Crippen LogP contribution in [0.15, 0.2) is 36.0 Å². The number of ether oxygens (including phenoxy) is 1. The van der Waals surface area contributed by atoms with Crippen molar-refractivity contribution in [3.63, 3.8) is 0 Å². The Morgan fingerprint density at radius 3 is 2.17 bits per heavy atom. The van der Waals surface area contributed by atoms with Crippen molar-refractivity contribution in [1.82, 2.24) is 21.3 Å². The molecular formula is C26H40N4O5. The molecule has 0 aromatic heterocycles. The summed E-state index contributed by atoms with van der Waals surface area (Å²) in [6, 6.07) is 7.32. The Morgan fingerprint density at radius 2 is 1.51 bits per heavy atom. The molecule has 0 fully saturated rings. The zero-order valence-corrected chi connectivity index (χ0v) is 21.2. The lowest BCUT2D eigenvalue weighted by Gasteiger charge is -2.09. The number of Topliss-reactive ketones (excluding diaryl/α,β-unsaturated/α-hetero) is 1. The number of unbranched alkanes of at least 4 members (excludes halogenated alkanes) is 2. The summed E-state index contributed by atoms with van der Waals surface area (Å²) in [7, 11) is 1.77. The van der Waals surface area contributed by atoms with E-state index in [0.717, 1.165) is 36.1 Å². The summed E-state index contributed by atoms with van der Waals surface area (Å²) in [5, 5.41) is 11.2. The van der Waals surface area contributed by atoms with Crippen LogP contribution in [0.25, 0.3) is 0 Å². The summed E-state index contributed by atoms with van der Waals surface area (Å²) in [6.07, 6.45) is 5.72. The summed E-state index contributed by atoms with van der Waals surface area (Å²) < 4.78 is 5.35. The minimum absolute atomic E-state index is 0.0309. The topological polar surface area (TPSA) is 126 Å². The van der Waals surface area contributed by atoms with E-state index in [1.54, 1.807) is 20.0 Å². The molecule has 9 heteroatoms. The van der Waals surface area contributed by atoms with Gasteiger partial charge < -0.3 is 30.8 Å². The Balaban J connectivity index is 2.07. The van der Waals surface area contributed by atoms with Gasteiger partial charge >= 0.3 is 6.03 Å². The Labute approximate surface area is 208 Å². The van der Waals surface area contributed by atoms with Gasteiger partial charge in [0.25, 0.3) is 0 Å². The van der Waals surface area contributed by atoms with Gasteiger partial charge in [-0.15, -0.1) is 0 Å². The number of hydrogen-bond acceptors (Lipinski definition) is 6. The molecule has 0 aliphatic heterocycles. The number of nitrogens with one attached hydrogen (secondary N) is 4. The number of benzene rings is 1. The SMILES string of the molecule is CN/C(C)=C\C(=O)Cc1ccc(CNC(=O)COCCCNC(=O)NCCCCCC(C)=O)cc1. The fraction of sp³-hybridized carbons (Fsp3) is 0.538. The van der Waals surface area contributed by atoms with E-state index in [9.17, 15) is 19.2 Å². The largest absolute Gasteiger partial charge is 0.392 e. The van der Waals surface area contributed by atoms with Crippen molar-refractivity contribution in [2.75, 3.05) is 33.4 Å². The lowest BCUT2D eigenvalue weighted by molar-refractivity contribution is -0.126. The molecule has 9 nitrogen and oxygen atoms in total. The van der Waals surface area contributed by atoms with Crippen LogP contribution < -0.4 is 21.3 Å². The number of carbonyl (C=O) groups excluding carboxylic acids is 4. The number of ketones is 2. The van der Waals surface area contributed by atoms with Crippen LogP contribution in [-0.4, -0.2) is 56.9 Å². The molecule has 3 amide bonds. The number of hydrogen-bond donors (Lipinski definition) is 4. The molecule has 0 radical (unpaired) electrons. The number of amides is 3. The predicted octanol–water partition coefficient (Wildman–Crippen LogP) is 2.39. The Bertz CT molecular complexity index is 837. The molecule has 0 aliphatic carbocycles. The van der Waals surface area contributed by atoms with Gasteiger partial charge in [-0.1, -0.05) is 30.7 Å². The summed E-state index contributed by atoms with van der Waals surface area (Å²) in [5.41, 5.74) is 2.68. The third-order valence-electron chi connectivity index (χ3n) is 5.14. The fourth-order valence-corrected chi connectivity index (χ4v) is 3.07. The Hall–Kier alpha value is -3.20. The molecule has 0 aliphatic rings. The maximum atomic E-state index is 12.0. The molecule has 0 unspecified atom stereocenters. The number of allylic oxidation sites excluding steroid dienone is 2. The monoisotopic (exact) mass is 488 g/mol. The van der Waals surface area contributed by atoms with Crippen LogP contribution in [0.1, 0.15) is 57.1 Å². The van der Waals surface area contributed by atoms with Gasteiger partial charge in [-0.05, 0) is 44.2 Å². The van der Waals surface area contributed by atoms with E-state index in [2.05, 4.69) is 21.3 Å². The molecule has 4 N–H and O–H groups in total. The summed E-state index contributed by atoms with van der Waals surface area (Å²) in [6.45, 7) is 5.16. The molecule has 0 saturated carbocycles. The first-order valence-electron chi connectivity index (χ1n) is 12.1. The predicted molar refractivity (Wildman–Crippen MR) is 136 cm³/mol. The average Bonchev–Trinajstić information content (AvgIpc) is 2.82. The third kappa shape index (κ3) is 16.1. The molecule has 1 rings (SSSR count). The molecule has 0 saturated heterocycles. The lowest BCUT2D eigenvalue weighted by Crippen LogP contribution is -2.36. The van der Waals surface area contributed by atoms with Crippen LogP contribution in [-0.2, 0) is 32.1 Å². The van der Waals surface area contributed by atoms with Gasteiger partial charge in [0, 0.05) is 57.9 Å². The summed E-state index contributed by atoms with van der Waals surface area (Å²) in [4.78, 5) is 46.4. The zero-order valence-electron chi connectivity index (χ0n) is 21.2. The molecule has 0 atom stereocenters. The van der Waals surface area contributed by atoms with E-state index >= 15 is 0 Å². The number of carbonyl (C=O) groups is 4. The minimum atomic E-state index is -0.228. The highest BCUT2D eigenvalue weighted by Crippen LogP contribution is 2.06. The Morgan fingerprint density at radius 1 is 0.857 bits per heavy atom. The summed E-state index contributed by atoms with van der Waals surface area (Å²) in [5.74, 6) is 0.00977. The fourth-order valence-electron chi connectivity index (χ4n) is 3.07. The molecule has 0 spiro atoms. The van der Waals surface area contributed by atoms with Crippen LogP contribution in [0.5, 0.6) is 0 Å². The zero-order chi connectivity index (χ0) is 25.9. The van der Waals surface area contributed by atoms with Gasteiger partial charge in [0.15, 0.2) is 5.78 Å². The smallest absolute Gasteiger partial charge is 0.314 e. The van der Waals surface area contributed by atoms with Crippen molar-refractivity contribution in [3.05, 3.63) is 47.2 Å². The van der Waals surface area contributed by atoms with E-state index in [4.69, 9.17) is 4.74 Å². The van der Waals surface area contributed by atoms with Crippen LogP contribution >= 0.6 is 0 Å². The summed E-state index contributed by atoms with van der Waals surface area (Å²) >= 11 is 0. The van der Waals surface area contributed by atoms with Crippen LogP contribution in [0.3, 0.4) is 0 Å². The molecule has 1 aromatic rings. The first-order valence-corrected chi connectivity index (χ1v) is 12.1. The van der Waals surface area contributed by atoms with E-state index in [-0.39, 0.29) is 30.1 Å². The third-order valence-corrected chi connectivity index (χ3v) is 5.14. The van der Waals surface area contributed by atoms with E-state index < -0.39 is 0 Å². The quantitative estimate of drug-likeness (QED) is 0.186. The maximum absolute atomic E-state index is 12.0. The molecule has 194 valence electrons. The van der Waals surface area contributed by atoms with Crippen LogP contribution in [0.2, 0.25) is 0 Å². The standard InChI is InChI=1S/C26H40N4O5/c1-20(27-3)16-24(32)17-22-9-11-23(12-10-22)18-30-25(33)19-35-15-7-14-29-26(34)28-13-6-4-5-8-21(2)31/h9-12,16,27H,4-8,13-15,17-19H2,1-3H3,(H,30,33)(H2,28,29,34)/b20-16-. The first-order chi connectivity index (χ1) is 16.8. The van der Waals surface area contributed by atoms with Crippen molar-refractivity contribution >= 4 is 23.5 Å². The van der Waals surface area contributed by atoms with Crippen LogP contribution in [0, 0.1) is 0 Å². The lowest BCUT2D eigenvalue weighted by atomic mass is 10.1. The van der Waals surface area contributed by atoms with Gasteiger partial charge in [-0.3, -0.25) is 9.59 Å². The highest BCUT2D eigenvalue weighted by atomic mass is 16.5. The van der Waals surface area contributed by atoms with Gasteiger partial charge in [0.05, 0.1) is 0 Å². The minimum Gasteiger partial charge on any atom is -0.392 e. The molecule has 1 aromatic carbocycles. The van der Waals surface area contributed by atoms with Crippen molar-refractivity contribution in [3.8, 4) is 0 Å². The molecule has 35 heavy (non-hydrogen) atoms. The van der Waals surface area contributed by atoms with Crippen molar-refractivity contribution in [2.24, 2.45) is 0 Å². The van der Waals surface area contributed by atoms with Gasteiger partial charge in [0.1, 0.15) is 12.4 Å². The highest BCUT2D eigenvalue weighted by Gasteiger charge is 2.05. The number of urea groups is 1.